The van der Waals surface area contributed by atoms with E-state index >= 15 is 0 Å². The molecule has 0 radical (unpaired) electrons. The molecular formula is C24H36N5O6P. The van der Waals surface area contributed by atoms with Crippen molar-refractivity contribution in [3.63, 3.8) is 0 Å². The van der Waals surface area contributed by atoms with E-state index in [0.717, 1.165) is 24.1 Å². The quantitative estimate of drug-likeness (QED) is 0.0752. The van der Waals surface area contributed by atoms with Gasteiger partial charge in [-0.2, -0.15) is 5.26 Å². The highest BCUT2D eigenvalue weighted by Crippen LogP contribution is 2.29. The van der Waals surface area contributed by atoms with Crippen LogP contribution in [0, 0.1) is 21.4 Å². The summed E-state index contributed by atoms with van der Waals surface area (Å²) >= 11 is 0. The van der Waals surface area contributed by atoms with Crippen LogP contribution in [0.3, 0.4) is 0 Å². The normalized spacial score (nSPS) is 12.2. The van der Waals surface area contributed by atoms with Crippen LogP contribution in [0.5, 0.6) is 0 Å². The highest BCUT2D eigenvalue weighted by atomic mass is 31.1. The summed E-state index contributed by atoms with van der Waals surface area (Å²) in [6, 6.07) is 7.02. The summed E-state index contributed by atoms with van der Waals surface area (Å²) < 4.78 is 23.4. The number of nitro groups is 1. The topological polar surface area (TPSA) is 135 Å². The molecule has 0 aliphatic rings. The summed E-state index contributed by atoms with van der Waals surface area (Å²) in [5.74, 6) is 0. The Morgan fingerprint density at radius 1 is 1.19 bits per heavy atom. The van der Waals surface area contributed by atoms with Crippen LogP contribution in [-0.2, 0) is 31.5 Å². The standard InChI is InChI=1S/C24H36N5O6P/c1-3-4-5-6-9-22-18-28(27-26-22)17-21-10-11-24(29(30)31)23(16-21)20(2)33-19-32-13-8-15-35-36-34-14-7-12-25/h10-11,16,18,20,36H,3-9,13-15,17,19H2,1-2H3. The molecule has 0 amide bonds. The number of hydrogen-bond donors (Lipinski definition) is 0. The molecule has 2 aromatic rings. The summed E-state index contributed by atoms with van der Waals surface area (Å²) in [6.07, 6.45) is 8.00. The maximum atomic E-state index is 11.6. The van der Waals surface area contributed by atoms with E-state index < -0.39 is 11.0 Å². The molecule has 2 unspecified atom stereocenters. The fourth-order valence-electron chi connectivity index (χ4n) is 3.40. The molecule has 12 heteroatoms. The Labute approximate surface area is 214 Å². The summed E-state index contributed by atoms with van der Waals surface area (Å²) in [5.41, 5.74) is 2.33. The van der Waals surface area contributed by atoms with Crippen LogP contribution in [0.15, 0.2) is 24.4 Å². The van der Waals surface area contributed by atoms with Gasteiger partial charge in [-0.15, -0.1) is 5.10 Å². The zero-order valence-electron chi connectivity index (χ0n) is 21.1. The highest BCUT2D eigenvalue weighted by Gasteiger charge is 2.20. The van der Waals surface area contributed by atoms with Gasteiger partial charge in [-0.05, 0) is 37.8 Å². The Balaban J connectivity index is 1.80. The Hall–Kier alpha value is -2.48. The van der Waals surface area contributed by atoms with Crippen molar-refractivity contribution in [2.45, 2.75) is 71.4 Å². The largest absolute Gasteiger partial charge is 0.355 e. The summed E-state index contributed by atoms with van der Waals surface area (Å²) in [7, 11) is -0.0960. The van der Waals surface area contributed by atoms with Crippen molar-refractivity contribution in [1.82, 2.24) is 15.0 Å². The summed E-state index contributed by atoms with van der Waals surface area (Å²) in [5, 5.41) is 28.4. The van der Waals surface area contributed by atoms with Crippen molar-refractivity contribution in [3.05, 3.63) is 51.3 Å². The van der Waals surface area contributed by atoms with E-state index in [4.69, 9.17) is 23.8 Å². The van der Waals surface area contributed by atoms with Crippen molar-refractivity contribution < 1.29 is 23.4 Å². The van der Waals surface area contributed by atoms with E-state index in [9.17, 15) is 10.1 Å². The molecular weight excluding hydrogens is 485 g/mol. The van der Waals surface area contributed by atoms with Gasteiger partial charge in [0, 0.05) is 12.3 Å². The molecule has 1 aromatic heterocycles. The third kappa shape index (κ3) is 11.5. The molecule has 198 valence electrons. The minimum atomic E-state index is -0.526. The number of rotatable bonds is 20. The van der Waals surface area contributed by atoms with Gasteiger partial charge in [-0.3, -0.25) is 10.1 Å². The van der Waals surface area contributed by atoms with Crippen molar-refractivity contribution in [2.75, 3.05) is 26.6 Å². The monoisotopic (exact) mass is 521 g/mol. The van der Waals surface area contributed by atoms with E-state index in [1.54, 1.807) is 23.7 Å². The van der Waals surface area contributed by atoms with Crippen molar-refractivity contribution in [3.8, 4) is 6.07 Å². The zero-order chi connectivity index (χ0) is 26.0. The molecule has 2 rings (SSSR count). The van der Waals surface area contributed by atoms with Crippen LogP contribution in [0.1, 0.15) is 75.3 Å². The van der Waals surface area contributed by atoms with Crippen LogP contribution in [0.2, 0.25) is 0 Å². The molecule has 36 heavy (non-hydrogen) atoms. The molecule has 0 fully saturated rings. The maximum absolute atomic E-state index is 11.6. The predicted octanol–water partition coefficient (Wildman–Crippen LogP) is 5.25. The van der Waals surface area contributed by atoms with Gasteiger partial charge < -0.3 is 18.5 Å². The van der Waals surface area contributed by atoms with Gasteiger partial charge in [0.25, 0.3) is 5.69 Å². The minimum Gasteiger partial charge on any atom is -0.355 e. The van der Waals surface area contributed by atoms with Crippen LogP contribution in [0.25, 0.3) is 0 Å². The van der Waals surface area contributed by atoms with Crippen molar-refractivity contribution >= 4 is 14.7 Å². The number of benzene rings is 1. The zero-order valence-corrected chi connectivity index (χ0v) is 22.1. The predicted molar refractivity (Wildman–Crippen MR) is 135 cm³/mol. The molecule has 1 aromatic carbocycles. The molecule has 0 aliphatic heterocycles. The number of hydrogen-bond acceptors (Lipinski definition) is 9. The Bertz CT molecular complexity index is 951. The Morgan fingerprint density at radius 3 is 2.81 bits per heavy atom. The first-order valence-corrected chi connectivity index (χ1v) is 13.1. The van der Waals surface area contributed by atoms with Crippen molar-refractivity contribution in [2.24, 2.45) is 0 Å². The SMILES string of the molecule is CCCCCCc1cn(Cc2ccc([N+](=O)[O-])c(C(C)OCOCCCOPOCCC#N)c2)nn1. The Morgan fingerprint density at radius 2 is 2.03 bits per heavy atom. The third-order valence-corrected chi connectivity index (χ3v) is 5.96. The first-order valence-electron chi connectivity index (χ1n) is 12.3. The average molecular weight is 522 g/mol. The maximum Gasteiger partial charge on any atom is 0.275 e. The van der Waals surface area contributed by atoms with Gasteiger partial charge in [-0.1, -0.05) is 37.5 Å². The first-order chi connectivity index (χ1) is 17.5. The van der Waals surface area contributed by atoms with Crippen LogP contribution in [0.4, 0.5) is 5.69 Å². The minimum absolute atomic E-state index is 0.00671. The highest BCUT2D eigenvalue weighted by molar-refractivity contribution is 7.26. The van der Waals surface area contributed by atoms with Crippen LogP contribution in [-0.4, -0.2) is 46.5 Å². The van der Waals surface area contributed by atoms with Gasteiger partial charge >= 0.3 is 0 Å². The number of nitriles is 1. The van der Waals surface area contributed by atoms with Gasteiger partial charge in [0.05, 0.1) is 61.1 Å². The molecule has 0 saturated carbocycles. The lowest BCUT2D eigenvalue weighted by Gasteiger charge is -2.15. The molecule has 0 spiro atoms. The number of nitrogens with zero attached hydrogens (tertiary/aromatic N) is 5. The molecule has 11 nitrogen and oxygen atoms in total. The number of aryl methyl sites for hydroxylation is 1. The molecule has 0 N–H and O–H groups in total. The average Bonchev–Trinajstić information content (AvgIpc) is 3.32. The van der Waals surface area contributed by atoms with Gasteiger partial charge in [-0.25, -0.2) is 4.68 Å². The fraction of sp³-hybridized carbons (Fsp3) is 0.625. The number of nitro benzene ring substituents is 1. The number of unbranched alkanes of at least 4 members (excludes halogenated alkanes) is 3. The number of aromatic nitrogens is 3. The van der Waals surface area contributed by atoms with Crippen LogP contribution >= 0.6 is 9.03 Å². The van der Waals surface area contributed by atoms with E-state index in [2.05, 4.69) is 17.2 Å². The molecule has 0 aliphatic carbocycles. The van der Waals surface area contributed by atoms with E-state index in [0.29, 0.717) is 44.8 Å². The smallest absolute Gasteiger partial charge is 0.275 e. The first kappa shape index (κ1) is 29.7. The molecule has 0 saturated heterocycles. The molecule has 2 atom stereocenters. The van der Waals surface area contributed by atoms with E-state index in [1.165, 1.54) is 25.3 Å². The molecule has 1 heterocycles. The van der Waals surface area contributed by atoms with Crippen LogP contribution < -0.4 is 0 Å². The van der Waals surface area contributed by atoms with E-state index in [1.807, 2.05) is 12.3 Å². The lowest BCUT2D eigenvalue weighted by molar-refractivity contribution is -0.386. The van der Waals surface area contributed by atoms with Gasteiger partial charge in [0.1, 0.15) is 6.79 Å². The van der Waals surface area contributed by atoms with Crippen molar-refractivity contribution in [1.29, 1.82) is 5.26 Å². The molecule has 0 bridgehead atoms. The van der Waals surface area contributed by atoms with E-state index in [-0.39, 0.29) is 21.5 Å². The van der Waals surface area contributed by atoms with Gasteiger partial charge in [0.15, 0.2) is 9.03 Å². The Kier molecular flexibility index (Phi) is 14.8. The second kappa shape index (κ2) is 17.9. The fourth-order valence-corrected chi connectivity index (χ4v) is 3.89. The number of ether oxygens (including phenoxy) is 2. The summed E-state index contributed by atoms with van der Waals surface area (Å²) in [6.45, 7) is 5.68. The third-order valence-electron chi connectivity index (χ3n) is 5.31. The lowest BCUT2D eigenvalue weighted by Crippen LogP contribution is -2.10. The second-order valence-corrected chi connectivity index (χ2v) is 8.99. The van der Waals surface area contributed by atoms with Gasteiger partial charge in [0.2, 0.25) is 0 Å². The second-order valence-electron chi connectivity index (χ2n) is 8.25. The lowest BCUT2D eigenvalue weighted by atomic mass is 10.0. The summed E-state index contributed by atoms with van der Waals surface area (Å²) in [4.78, 5) is 11.2.